The van der Waals surface area contributed by atoms with E-state index in [1.54, 1.807) is 19.2 Å². The molecule has 0 amide bonds. The maximum absolute atomic E-state index is 13.3. The lowest BCUT2D eigenvalue weighted by atomic mass is 9.68. The largest absolute Gasteiger partial charge is 0.481 e. The number of methoxy groups -OCH3 is 1. The summed E-state index contributed by atoms with van der Waals surface area (Å²) in [7, 11) is 1.62. The number of Topliss-reactive ketones (excluding diaryl/α,β-unsaturated/α-hetero) is 1. The average molecular weight is 405 g/mol. The molecule has 2 aliphatic rings. The standard InChI is InChI=1S/C24H27N3O3/c1-5-11-30-17-8-6-16(7-9-17)21-18(15-25)23(26)27(10-12-29-4)19-13-24(2,3)14-20(28)22(19)21/h1,6-9,21H,10-14,26H2,2-4H3/t21-/m0/s1. The van der Waals surface area contributed by atoms with Gasteiger partial charge in [-0.05, 0) is 29.5 Å². The van der Waals surface area contributed by atoms with Crippen molar-refractivity contribution >= 4 is 5.78 Å². The smallest absolute Gasteiger partial charge is 0.162 e. The zero-order chi connectivity index (χ0) is 21.9. The molecule has 0 bridgehead atoms. The number of carbonyl (C=O) groups excluding carboxylic acids is 1. The van der Waals surface area contributed by atoms with Crippen LogP contribution < -0.4 is 10.5 Å². The molecular formula is C24H27N3O3. The topological polar surface area (TPSA) is 88.6 Å². The van der Waals surface area contributed by atoms with Crippen LogP contribution in [0.4, 0.5) is 0 Å². The zero-order valence-electron chi connectivity index (χ0n) is 17.7. The number of hydrogen-bond donors (Lipinski definition) is 1. The molecule has 0 saturated heterocycles. The monoisotopic (exact) mass is 405 g/mol. The first-order valence-corrected chi connectivity index (χ1v) is 9.91. The van der Waals surface area contributed by atoms with Crippen LogP contribution in [0.2, 0.25) is 0 Å². The molecule has 2 N–H and O–H groups in total. The van der Waals surface area contributed by atoms with Gasteiger partial charge in [0.15, 0.2) is 5.78 Å². The Balaban J connectivity index is 2.12. The first kappa shape index (κ1) is 21.5. The Kier molecular flexibility index (Phi) is 6.20. The van der Waals surface area contributed by atoms with Gasteiger partial charge in [-0.1, -0.05) is 31.9 Å². The third kappa shape index (κ3) is 4.06. The number of nitriles is 1. The molecule has 0 radical (unpaired) electrons. The summed E-state index contributed by atoms with van der Waals surface area (Å²) in [5.74, 6) is 3.02. The minimum Gasteiger partial charge on any atom is -0.481 e. The van der Waals surface area contributed by atoms with Gasteiger partial charge in [0.2, 0.25) is 0 Å². The van der Waals surface area contributed by atoms with E-state index in [4.69, 9.17) is 21.6 Å². The highest BCUT2D eigenvalue weighted by atomic mass is 16.5. The number of terminal acetylenes is 1. The lowest BCUT2D eigenvalue weighted by Gasteiger charge is -2.43. The molecule has 6 nitrogen and oxygen atoms in total. The number of ketones is 1. The van der Waals surface area contributed by atoms with E-state index in [2.05, 4.69) is 25.8 Å². The van der Waals surface area contributed by atoms with E-state index in [0.29, 0.717) is 48.7 Å². The molecule has 0 fully saturated rings. The first-order chi connectivity index (χ1) is 14.3. The number of nitrogens with two attached hydrogens (primary N) is 1. The van der Waals surface area contributed by atoms with Crippen LogP contribution >= 0.6 is 0 Å². The highest BCUT2D eigenvalue weighted by molar-refractivity contribution is 6.00. The van der Waals surface area contributed by atoms with E-state index in [0.717, 1.165) is 11.3 Å². The summed E-state index contributed by atoms with van der Waals surface area (Å²) in [6.45, 7) is 5.26. The third-order valence-corrected chi connectivity index (χ3v) is 5.54. The Morgan fingerprint density at radius 3 is 2.60 bits per heavy atom. The van der Waals surface area contributed by atoms with Crippen LogP contribution in [0.25, 0.3) is 0 Å². The van der Waals surface area contributed by atoms with Crippen molar-refractivity contribution in [3.63, 3.8) is 0 Å². The molecule has 0 spiro atoms. The van der Waals surface area contributed by atoms with Crippen LogP contribution in [0.3, 0.4) is 0 Å². The van der Waals surface area contributed by atoms with E-state index in [1.807, 2.05) is 17.0 Å². The predicted molar refractivity (Wildman–Crippen MR) is 114 cm³/mol. The maximum Gasteiger partial charge on any atom is 0.162 e. The van der Waals surface area contributed by atoms with Crippen molar-refractivity contribution in [1.29, 1.82) is 5.26 Å². The number of ether oxygens (including phenoxy) is 2. The molecule has 1 aliphatic heterocycles. The van der Waals surface area contributed by atoms with E-state index >= 15 is 0 Å². The van der Waals surface area contributed by atoms with Crippen molar-refractivity contribution in [3.8, 4) is 24.2 Å². The molecule has 1 aromatic rings. The van der Waals surface area contributed by atoms with Crippen LogP contribution in [0, 0.1) is 29.1 Å². The lowest BCUT2D eigenvalue weighted by Crippen LogP contribution is -2.43. The van der Waals surface area contributed by atoms with Crippen LogP contribution in [0.5, 0.6) is 5.75 Å². The van der Waals surface area contributed by atoms with Crippen molar-refractivity contribution < 1.29 is 14.3 Å². The number of allylic oxidation sites excluding steroid dienone is 3. The zero-order valence-corrected chi connectivity index (χ0v) is 17.7. The summed E-state index contributed by atoms with van der Waals surface area (Å²) in [6, 6.07) is 9.59. The fourth-order valence-electron chi connectivity index (χ4n) is 4.23. The molecule has 0 saturated carbocycles. The molecule has 1 aromatic carbocycles. The van der Waals surface area contributed by atoms with Crippen molar-refractivity contribution in [1.82, 2.24) is 4.90 Å². The van der Waals surface area contributed by atoms with Crippen molar-refractivity contribution in [2.24, 2.45) is 11.1 Å². The minimum absolute atomic E-state index is 0.0570. The second-order valence-corrected chi connectivity index (χ2v) is 8.35. The van der Waals surface area contributed by atoms with E-state index in [1.165, 1.54) is 0 Å². The molecule has 0 unspecified atom stereocenters. The molecular weight excluding hydrogens is 378 g/mol. The van der Waals surface area contributed by atoms with Gasteiger partial charge in [0.25, 0.3) is 0 Å². The first-order valence-electron chi connectivity index (χ1n) is 9.91. The van der Waals surface area contributed by atoms with Gasteiger partial charge in [-0.3, -0.25) is 4.79 Å². The SMILES string of the molecule is C#CCOc1ccc([C@H]2C(C#N)=C(N)N(CCOC)C3=C2C(=O)CC(C)(C)C3)cc1. The molecule has 1 heterocycles. The Morgan fingerprint density at radius 2 is 2.00 bits per heavy atom. The van der Waals surface area contributed by atoms with Crippen molar-refractivity contribution in [2.75, 3.05) is 26.9 Å². The quantitative estimate of drug-likeness (QED) is 0.732. The summed E-state index contributed by atoms with van der Waals surface area (Å²) in [5.41, 5.74) is 9.06. The fraction of sp³-hybridized carbons (Fsp3) is 0.417. The second kappa shape index (κ2) is 8.65. The summed E-state index contributed by atoms with van der Waals surface area (Å²) >= 11 is 0. The summed E-state index contributed by atoms with van der Waals surface area (Å²) < 4.78 is 10.7. The van der Waals surface area contributed by atoms with Gasteiger partial charge in [0.05, 0.1) is 24.2 Å². The Hall–Kier alpha value is -3.22. The minimum atomic E-state index is -0.492. The summed E-state index contributed by atoms with van der Waals surface area (Å²) in [6.07, 6.45) is 6.38. The molecule has 3 rings (SSSR count). The maximum atomic E-state index is 13.3. The van der Waals surface area contributed by atoms with Gasteiger partial charge >= 0.3 is 0 Å². The molecule has 1 aliphatic carbocycles. The molecule has 156 valence electrons. The van der Waals surface area contributed by atoms with Gasteiger partial charge in [0.1, 0.15) is 18.2 Å². The van der Waals surface area contributed by atoms with Crippen LogP contribution in [0.15, 0.2) is 46.9 Å². The fourth-order valence-corrected chi connectivity index (χ4v) is 4.23. The highest BCUT2D eigenvalue weighted by Crippen LogP contribution is 2.48. The lowest BCUT2D eigenvalue weighted by molar-refractivity contribution is -0.118. The van der Waals surface area contributed by atoms with Gasteiger partial charge in [-0.25, -0.2) is 0 Å². The van der Waals surface area contributed by atoms with Crippen LogP contribution in [-0.2, 0) is 9.53 Å². The number of carbonyl (C=O) groups is 1. The number of benzene rings is 1. The van der Waals surface area contributed by atoms with Gasteiger partial charge in [0, 0.05) is 31.3 Å². The average Bonchev–Trinajstić information content (AvgIpc) is 2.70. The Bertz CT molecular complexity index is 974. The molecule has 0 aromatic heterocycles. The highest BCUT2D eigenvalue weighted by Gasteiger charge is 2.44. The summed E-state index contributed by atoms with van der Waals surface area (Å²) in [5, 5.41) is 9.96. The number of rotatable bonds is 6. The van der Waals surface area contributed by atoms with E-state index in [9.17, 15) is 10.1 Å². The van der Waals surface area contributed by atoms with Gasteiger partial charge in [-0.2, -0.15) is 5.26 Å². The number of nitrogens with zero attached hydrogens (tertiary/aromatic N) is 2. The van der Waals surface area contributed by atoms with Gasteiger partial charge < -0.3 is 20.1 Å². The number of hydrogen-bond acceptors (Lipinski definition) is 6. The van der Waals surface area contributed by atoms with E-state index < -0.39 is 5.92 Å². The predicted octanol–water partition coefficient (Wildman–Crippen LogP) is 3.08. The normalized spacial score (nSPS) is 20.5. The van der Waals surface area contributed by atoms with E-state index in [-0.39, 0.29) is 17.8 Å². The third-order valence-electron chi connectivity index (χ3n) is 5.54. The van der Waals surface area contributed by atoms with Crippen molar-refractivity contribution in [3.05, 3.63) is 52.5 Å². The Morgan fingerprint density at radius 1 is 1.30 bits per heavy atom. The Labute approximate surface area is 177 Å². The van der Waals surface area contributed by atoms with Crippen LogP contribution in [0.1, 0.15) is 38.2 Å². The molecule has 6 heteroatoms. The van der Waals surface area contributed by atoms with Crippen molar-refractivity contribution in [2.45, 2.75) is 32.6 Å². The second-order valence-electron chi connectivity index (χ2n) is 8.35. The van der Waals surface area contributed by atoms with Crippen LogP contribution in [-0.4, -0.2) is 37.6 Å². The summed E-state index contributed by atoms with van der Waals surface area (Å²) in [4.78, 5) is 15.2. The molecule has 30 heavy (non-hydrogen) atoms. The van der Waals surface area contributed by atoms with Gasteiger partial charge in [-0.15, -0.1) is 6.42 Å². The molecule has 1 atom stereocenters.